The first-order chi connectivity index (χ1) is 8.22. The van der Waals surface area contributed by atoms with Crippen LogP contribution in [0.3, 0.4) is 0 Å². The minimum Gasteiger partial charge on any atom is -0.387 e. The SMILES string of the molecule is CCC1SCCSC1C(O)c1cccc(C)c1. The van der Waals surface area contributed by atoms with Crippen LogP contribution >= 0.6 is 23.5 Å². The maximum atomic E-state index is 10.5. The number of aliphatic hydroxyl groups is 1. The molecule has 1 heterocycles. The van der Waals surface area contributed by atoms with Gasteiger partial charge in [0.1, 0.15) is 0 Å². The molecule has 17 heavy (non-hydrogen) atoms. The molecular formula is C14H20OS2. The lowest BCUT2D eigenvalue weighted by Crippen LogP contribution is -2.31. The van der Waals surface area contributed by atoms with E-state index in [0.717, 1.165) is 17.7 Å². The first-order valence-electron chi connectivity index (χ1n) is 6.20. The Morgan fingerprint density at radius 1 is 1.35 bits per heavy atom. The van der Waals surface area contributed by atoms with Crippen molar-refractivity contribution in [2.75, 3.05) is 11.5 Å². The number of rotatable bonds is 3. The molecule has 0 spiro atoms. The van der Waals surface area contributed by atoms with Gasteiger partial charge in [0.05, 0.1) is 6.10 Å². The van der Waals surface area contributed by atoms with Crippen molar-refractivity contribution in [3.63, 3.8) is 0 Å². The summed E-state index contributed by atoms with van der Waals surface area (Å²) in [6.45, 7) is 4.30. The summed E-state index contributed by atoms with van der Waals surface area (Å²) in [5.74, 6) is 2.38. The van der Waals surface area contributed by atoms with Crippen LogP contribution in [0.25, 0.3) is 0 Å². The van der Waals surface area contributed by atoms with Crippen LogP contribution in [0.15, 0.2) is 24.3 Å². The van der Waals surface area contributed by atoms with E-state index < -0.39 is 0 Å². The molecule has 0 aromatic heterocycles. The molecular weight excluding hydrogens is 248 g/mol. The Morgan fingerprint density at radius 2 is 2.12 bits per heavy atom. The molecule has 3 atom stereocenters. The molecule has 1 aliphatic heterocycles. The molecule has 3 unspecified atom stereocenters. The van der Waals surface area contributed by atoms with Gasteiger partial charge in [-0.15, -0.1) is 0 Å². The molecule has 2 rings (SSSR count). The minimum atomic E-state index is -0.322. The highest BCUT2D eigenvalue weighted by molar-refractivity contribution is 8.07. The van der Waals surface area contributed by atoms with Gasteiger partial charge >= 0.3 is 0 Å². The third-order valence-corrected chi connectivity index (χ3v) is 6.53. The Labute approximate surface area is 112 Å². The summed E-state index contributed by atoms with van der Waals surface area (Å²) in [7, 11) is 0. The zero-order valence-corrected chi connectivity index (χ0v) is 12.1. The molecule has 1 aromatic carbocycles. The second kappa shape index (κ2) is 6.17. The van der Waals surface area contributed by atoms with Crippen LogP contribution in [0.4, 0.5) is 0 Å². The molecule has 1 nitrogen and oxygen atoms in total. The van der Waals surface area contributed by atoms with Gasteiger partial charge in [-0.3, -0.25) is 0 Å². The van der Waals surface area contributed by atoms with E-state index in [-0.39, 0.29) is 6.10 Å². The van der Waals surface area contributed by atoms with Crippen molar-refractivity contribution in [2.24, 2.45) is 0 Å². The van der Waals surface area contributed by atoms with E-state index in [2.05, 4.69) is 26.0 Å². The van der Waals surface area contributed by atoms with Crippen LogP contribution in [0.1, 0.15) is 30.6 Å². The van der Waals surface area contributed by atoms with E-state index >= 15 is 0 Å². The molecule has 0 radical (unpaired) electrons. The van der Waals surface area contributed by atoms with Crippen LogP contribution in [-0.2, 0) is 0 Å². The Balaban J connectivity index is 2.15. The number of hydrogen-bond acceptors (Lipinski definition) is 3. The predicted molar refractivity (Wildman–Crippen MR) is 78.9 cm³/mol. The highest BCUT2D eigenvalue weighted by Crippen LogP contribution is 2.40. The van der Waals surface area contributed by atoms with E-state index in [9.17, 15) is 5.11 Å². The highest BCUT2D eigenvalue weighted by Gasteiger charge is 2.31. The monoisotopic (exact) mass is 268 g/mol. The first kappa shape index (κ1) is 13.3. The van der Waals surface area contributed by atoms with Crippen molar-refractivity contribution in [1.29, 1.82) is 0 Å². The first-order valence-corrected chi connectivity index (χ1v) is 8.30. The maximum absolute atomic E-state index is 10.5. The maximum Gasteiger partial charge on any atom is 0.0919 e. The molecule has 0 saturated carbocycles. The summed E-state index contributed by atoms with van der Waals surface area (Å²) in [5.41, 5.74) is 2.30. The summed E-state index contributed by atoms with van der Waals surface area (Å²) in [6.07, 6.45) is 0.822. The largest absolute Gasteiger partial charge is 0.387 e. The van der Waals surface area contributed by atoms with Crippen LogP contribution in [0.5, 0.6) is 0 Å². The van der Waals surface area contributed by atoms with Crippen molar-refractivity contribution >= 4 is 23.5 Å². The molecule has 3 heteroatoms. The summed E-state index contributed by atoms with van der Waals surface area (Å²) in [5, 5.41) is 11.5. The van der Waals surface area contributed by atoms with Crippen molar-refractivity contribution in [3.05, 3.63) is 35.4 Å². The van der Waals surface area contributed by atoms with Crippen LogP contribution in [-0.4, -0.2) is 27.1 Å². The van der Waals surface area contributed by atoms with Crippen molar-refractivity contribution < 1.29 is 5.11 Å². The van der Waals surface area contributed by atoms with Crippen LogP contribution in [0.2, 0.25) is 0 Å². The van der Waals surface area contributed by atoms with E-state index in [1.807, 2.05) is 35.7 Å². The zero-order chi connectivity index (χ0) is 12.3. The quantitative estimate of drug-likeness (QED) is 0.903. The molecule has 0 aliphatic carbocycles. The Bertz CT molecular complexity index is 367. The minimum absolute atomic E-state index is 0.322. The topological polar surface area (TPSA) is 20.2 Å². The van der Waals surface area contributed by atoms with Gasteiger partial charge in [-0.2, -0.15) is 23.5 Å². The molecule has 1 saturated heterocycles. The molecule has 1 aromatic rings. The summed E-state index contributed by atoms with van der Waals surface area (Å²) in [6, 6.07) is 8.27. The number of aryl methyl sites for hydroxylation is 1. The smallest absolute Gasteiger partial charge is 0.0919 e. The second-order valence-electron chi connectivity index (χ2n) is 4.51. The fraction of sp³-hybridized carbons (Fsp3) is 0.571. The number of aliphatic hydroxyl groups excluding tert-OH is 1. The van der Waals surface area contributed by atoms with Gasteiger partial charge in [-0.05, 0) is 18.9 Å². The molecule has 0 bridgehead atoms. The summed E-state index contributed by atoms with van der Waals surface area (Å²) < 4.78 is 0. The van der Waals surface area contributed by atoms with Crippen molar-refractivity contribution in [2.45, 2.75) is 36.9 Å². The normalized spacial score (nSPS) is 26.8. The molecule has 94 valence electrons. The fourth-order valence-electron chi connectivity index (χ4n) is 2.27. The third-order valence-electron chi connectivity index (χ3n) is 3.19. The van der Waals surface area contributed by atoms with E-state index in [0.29, 0.717) is 10.5 Å². The van der Waals surface area contributed by atoms with Gasteiger partial charge in [0, 0.05) is 22.0 Å². The van der Waals surface area contributed by atoms with Gasteiger partial charge in [0.15, 0.2) is 0 Å². The number of benzene rings is 1. The summed E-state index contributed by atoms with van der Waals surface area (Å²) >= 11 is 3.95. The predicted octanol–water partition coefficient (Wildman–Crippen LogP) is 3.66. The number of thioether (sulfide) groups is 2. The van der Waals surface area contributed by atoms with Crippen LogP contribution < -0.4 is 0 Å². The standard InChI is InChI=1S/C14H20OS2/c1-3-12-14(17-8-7-16-12)13(15)11-6-4-5-10(2)9-11/h4-6,9,12-15H,3,7-8H2,1-2H3. The average Bonchev–Trinajstić information content (AvgIpc) is 2.38. The summed E-state index contributed by atoms with van der Waals surface area (Å²) in [4.78, 5) is 0. The number of hydrogen-bond donors (Lipinski definition) is 1. The van der Waals surface area contributed by atoms with Crippen LogP contribution in [0, 0.1) is 6.92 Å². The lowest BCUT2D eigenvalue weighted by molar-refractivity contribution is 0.172. The fourth-order valence-corrected chi connectivity index (χ4v) is 5.41. The molecule has 0 amide bonds. The Kier molecular flexibility index (Phi) is 4.83. The average molecular weight is 268 g/mol. The molecule has 1 aliphatic rings. The zero-order valence-electron chi connectivity index (χ0n) is 10.4. The third kappa shape index (κ3) is 3.21. The van der Waals surface area contributed by atoms with Gasteiger partial charge in [0.2, 0.25) is 0 Å². The van der Waals surface area contributed by atoms with E-state index in [1.54, 1.807) is 0 Å². The highest BCUT2D eigenvalue weighted by atomic mass is 32.2. The lowest BCUT2D eigenvalue weighted by atomic mass is 10.0. The van der Waals surface area contributed by atoms with Crippen molar-refractivity contribution in [1.82, 2.24) is 0 Å². The van der Waals surface area contributed by atoms with E-state index in [1.165, 1.54) is 11.3 Å². The Morgan fingerprint density at radius 3 is 2.82 bits per heavy atom. The van der Waals surface area contributed by atoms with Gasteiger partial charge in [-0.1, -0.05) is 36.8 Å². The molecule has 1 N–H and O–H groups in total. The Hall–Kier alpha value is -0.120. The van der Waals surface area contributed by atoms with Gasteiger partial charge in [0.25, 0.3) is 0 Å². The second-order valence-corrected chi connectivity index (χ2v) is 7.14. The lowest BCUT2D eigenvalue weighted by Gasteiger charge is -2.33. The van der Waals surface area contributed by atoms with E-state index in [4.69, 9.17) is 0 Å². The molecule has 1 fully saturated rings. The van der Waals surface area contributed by atoms with Crippen molar-refractivity contribution in [3.8, 4) is 0 Å². The van der Waals surface area contributed by atoms with Gasteiger partial charge < -0.3 is 5.11 Å². The van der Waals surface area contributed by atoms with Gasteiger partial charge in [-0.25, -0.2) is 0 Å².